The summed E-state index contributed by atoms with van der Waals surface area (Å²) in [6.45, 7) is 4.72. The van der Waals surface area contributed by atoms with E-state index in [1.807, 2.05) is 21.1 Å². The summed E-state index contributed by atoms with van der Waals surface area (Å²) in [5, 5.41) is 11.9. The number of quaternary nitrogens is 1. The van der Waals surface area contributed by atoms with Crippen LogP contribution in [0.2, 0.25) is 0 Å². The lowest BCUT2D eigenvalue weighted by molar-refractivity contribution is -0.870. The first kappa shape index (κ1) is 98.7. The van der Waals surface area contributed by atoms with Gasteiger partial charge in [-0.15, -0.1) is 0 Å². The number of carboxylic acids is 1. The first-order valence-corrected chi connectivity index (χ1v) is 44.6. The Hall–Kier alpha value is -3.27. The van der Waals surface area contributed by atoms with E-state index >= 15 is 0 Å². The van der Waals surface area contributed by atoms with Crippen LogP contribution in [0.15, 0.2) is 72.9 Å². The van der Waals surface area contributed by atoms with Crippen molar-refractivity contribution in [1.82, 2.24) is 0 Å². The molecular formula is C93H171NO8. The molecule has 2 atom stereocenters. The maximum Gasteiger partial charge on any atom is 0.306 e. The van der Waals surface area contributed by atoms with Crippen molar-refractivity contribution in [1.29, 1.82) is 0 Å². The van der Waals surface area contributed by atoms with Crippen molar-refractivity contribution < 1.29 is 42.9 Å². The molecule has 0 aromatic carbocycles. The number of nitrogens with zero attached hydrogens (tertiary/aromatic N) is 1. The van der Waals surface area contributed by atoms with E-state index in [0.717, 1.165) is 77.0 Å². The number of carboxylic acid groups (broad SMARTS) is 1. The van der Waals surface area contributed by atoms with Crippen LogP contribution in [0.5, 0.6) is 0 Å². The molecule has 0 saturated heterocycles. The maximum atomic E-state index is 13.0. The number of carbonyl (C=O) groups excluding carboxylic acids is 3. The summed E-state index contributed by atoms with van der Waals surface area (Å²) >= 11 is 0. The first-order valence-electron chi connectivity index (χ1n) is 44.6. The molecule has 0 bridgehead atoms. The Bertz CT molecular complexity index is 1910. The van der Waals surface area contributed by atoms with Crippen molar-refractivity contribution in [3.05, 3.63) is 72.9 Å². The standard InChI is InChI=1S/C93H171NO8/c1-6-8-10-12-14-16-18-20-22-24-26-28-30-32-34-36-38-40-42-44-45-46-47-48-50-52-54-56-58-60-62-64-66-68-70-72-74-76-78-80-82-84-91(96)102-89(88-101-93(92(97)98)99-86-85-94(3,4)5)87-100-90(95)83-81-79-77-75-73-71-69-67-65-63-61-59-57-55-53-51-49-43-41-39-37-35-33-31-29-27-25-23-21-19-17-15-13-11-9-7-2/h8,10,14,16,20,22,26,28,32,34,38,40,89,93H,6-7,9,11-13,15,17-19,21,23-25,27,29-31,33,35-37,39,41-88H2,1-5H3/b10-8-,16-14-,22-20-,28-26-,34-32-,40-38-. The number of allylic oxidation sites excluding steroid dienone is 12. The smallest absolute Gasteiger partial charge is 0.306 e. The van der Waals surface area contributed by atoms with Crippen LogP contribution in [-0.2, 0) is 33.3 Å². The molecule has 0 spiro atoms. The van der Waals surface area contributed by atoms with Gasteiger partial charge in [-0.25, -0.2) is 0 Å². The number of unbranched alkanes of at least 4 members (excludes halogenated alkanes) is 57. The van der Waals surface area contributed by atoms with Crippen LogP contribution in [0.25, 0.3) is 0 Å². The van der Waals surface area contributed by atoms with Crippen LogP contribution < -0.4 is 5.11 Å². The monoisotopic (exact) mass is 1430 g/mol. The van der Waals surface area contributed by atoms with Gasteiger partial charge in [-0.3, -0.25) is 9.59 Å². The summed E-state index contributed by atoms with van der Waals surface area (Å²) in [5.41, 5.74) is 0. The van der Waals surface area contributed by atoms with Gasteiger partial charge in [0.15, 0.2) is 12.4 Å². The average molecular weight is 1430 g/mol. The molecule has 0 aromatic rings. The van der Waals surface area contributed by atoms with Gasteiger partial charge in [-0.1, -0.05) is 440 Å². The third-order valence-corrected chi connectivity index (χ3v) is 20.2. The molecule has 0 N–H and O–H groups in total. The molecule has 596 valence electrons. The van der Waals surface area contributed by atoms with Gasteiger partial charge in [0.1, 0.15) is 13.2 Å². The zero-order valence-electron chi connectivity index (χ0n) is 68.5. The van der Waals surface area contributed by atoms with Gasteiger partial charge in [0, 0.05) is 12.8 Å². The van der Waals surface area contributed by atoms with Gasteiger partial charge >= 0.3 is 11.9 Å². The Labute approximate surface area is 634 Å². The fourth-order valence-electron chi connectivity index (χ4n) is 13.5. The van der Waals surface area contributed by atoms with E-state index in [0.29, 0.717) is 17.4 Å². The van der Waals surface area contributed by atoms with Gasteiger partial charge in [0.25, 0.3) is 0 Å². The molecule has 0 aromatic heterocycles. The molecule has 0 amide bonds. The minimum absolute atomic E-state index is 0.150. The summed E-state index contributed by atoms with van der Waals surface area (Å²) in [7, 11) is 5.96. The zero-order chi connectivity index (χ0) is 73.9. The highest BCUT2D eigenvalue weighted by Crippen LogP contribution is 2.21. The van der Waals surface area contributed by atoms with Crippen molar-refractivity contribution in [3.63, 3.8) is 0 Å². The molecule has 0 rings (SSSR count). The number of hydrogen-bond donors (Lipinski definition) is 0. The molecule has 0 aliphatic heterocycles. The Morgan fingerprint density at radius 1 is 0.304 bits per heavy atom. The average Bonchev–Trinajstić information content (AvgIpc) is 0.999. The second-order valence-electron chi connectivity index (χ2n) is 31.5. The lowest BCUT2D eigenvalue weighted by Crippen LogP contribution is -2.44. The highest BCUT2D eigenvalue weighted by Gasteiger charge is 2.22. The van der Waals surface area contributed by atoms with Crippen LogP contribution in [0.4, 0.5) is 0 Å². The predicted octanol–water partition coefficient (Wildman–Crippen LogP) is 27.8. The molecule has 9 nitrogen and oxygen atoms in total. The Kier molecular flexibility index (Phi) is 80.7. The summed E-state index contributed by atoms with van der Waals surface area (Å²) < 4.78 is 22.9. The third kappa shape index (κ3) is 84.0. The Balaban J connectivity index is 3.91. The quantitative estimate of drug-likeness (QED) is 0.0195. The summed E-state index contributed by atoms with van der Waals surface area (Å²) in [6.07, 6.45) is 111. The van der Waals surface area contributed by atoms with Crippen LogP contribution in [0.1, 0.15) is 444 Å². The number of aliphatic carboxylic acids is 1. The van der Waals surface area contributed by atoms with Gasteiger partial charge in [0.05, 0.1) is 40.3 Å². The number of hydrogen-bond acceptors (Lipinski definition) is 8. The van der Waals surface area contributed by atoms with Gasteiger partial charge in [-0.05, 0) is 64.2 Å². The van der Waals surface area contributed by atoms with Gasteiger partial charge in [-0.2, -0.15) is 0 Å². The van der Waals surface area contributed by atoms with Crippen molar-refractivity contribution in [2.45, 2.75) is 456 Å². The largest absolute Gasteiger partial charge is 0.545 e. The minimum Gasteiger partial charge on any atom is -0.545 e. The molecule has 0 saturated carbocycles. The maximum absolute atomic E-state index is 13.0. The summed E-state index contributed by atoms with van der Waals surface area (Å²) in [4.78, 5) is 37.7. The van der Waals surface area contributed by atoms with Crippen molar-refractivity contribution >= 4 is 17.9 Å². The normalized spacial score (nSPS) is 12.9. The summed E-state index contributed by atoms with van der Waals surface area (Å²) in [5.74, 6) is -2.25. The number of carbonyl (C=O) groups is 3. The number of ether oxygens (including phenoxy) is 4. The molecule has 0 heterocycles. The molecular weight excluding hydrogens is 1260 g/mol. The fraction of sp³-hybridized carbons (Fsp3) is 0.839. The van der Waals surface area contributed by atoms with Crippen LogP contribution in [0.3, 0.4) is 0 Å². The van der Waals surface area contributed by atoms with Gasteiger partial charge < -0.3 is 33.3 Å². The molecule has 0 aliphatic carbocycles. The van der Waals surface area contributed by atoms with Gasteiger partial charge in [0.2, 0.25) is 0 Å². The molecule has 102 heavy (non-hydrogen) atoms. The lowest BCUT2D eigenvalue weighted by atomic mass is 10.0. The fourth-order valence-corrected chi connectivity index (χ4v) is 13.5. The number of likely N-dealkylation sites (N-methyl/N-ethyl adjacent to an activating group) is 1. The second-order valence-corrected chi connectivity index (χ2v) is 31.5. The van der Waals surface area contributed by atoms with E-state index in [-0.39, 0.29) is 32.2 Å². The van der Waals surface area contributed by atoms with E-state index in [1.165, 1.54) is 340 Å². The van der Waals surface area contributed by atoms with E-state index in [1.54, 1.807) is 0 Å². The summed E-state index contributed by atoms with van der Waals surface area (Å²) in [6, 6.07) is 0. The molecule has 2 unspecified atom stereocenters. The third-order valence-electron chi connectivity index (χ3n) is 20.2. The number of esters is 2. The van der Waals surface area contributed by atoms with E-state index < -0.39 is 24.3 Å². The van der Waals surface area contributed by atoms with Crippen molar-refractivity contribution in [3.8, 4) is 0 Å². The van der Waals surface area contributed by atoms with E-state index in [9.17, 15) is 19.5 Å². The van der Waals surface area contributed by atoms with Crippen molar-refractivity contribution in [2.24, 2.45) is 0 Å². The van der Waals surface area contributed by atoms with Crippen LogP contribution >= 0.6 is 0 Å². The van der Waals surface area contributed by atoms with E-state index in [4.69, 9.17) is 18.9 Å². The minimum atomic E-state index is -1.62. The lowest BCUT2D eigenvalue weighted by Gasteiger charge is -2.26. The van der Waals surface area contributed by atoms with E-state index in [2.05, 4.69) is 86.8 Å². The molecule has 0 aliphatic rings. The first-order chi connectivity index (χ1) is 50.1. The number of rotatable bonds is 84. The van der Waals surface area contributed by atoms with Crippen LogP contribution in [-0.4, -0.2) is 82.3 Å². The predicted molar refractivity (Wildman–Crippen MR) is 440 cm³/mol. The Morgan fingerprint density at radius 2 is 0.559 bits per heavy atom. The molecule has 0 fully saturated rings. The highest BCUT2D eigenvalue weighted by atomic mass is 16.7. The molecule has 0 radical (unpaired) electrons. The topological polar surface area (TPSA) is 111 Å². The Morgan fingerprint density at radius 3 is 0.833 bits per heavy atom. The molecule has 9 heteroatoms. The zero-order valence-corrected chi connectivity index (χ0v) is 68.5. The highest BCUT2D eigenvalue weighted by molar-refractivity contribution is 5.70. The second kappa shape index (κ2) is 83.4. The van der Waals surface area contributed by atoms with Crippen LogP contribution in [0, 0.1) is 0 Å². The van der Waals surface area contributed by atoms with Crippen molar-refractivity contribution in [2.75, 3.05) is 47.5 Å². The SMILES string of the molecule is CC/C=C\C/C=C\C/C=C\C/C=C\C/C=C\C/C=C\CCCCCCCCCCCCCCCCCCCCCCCCC(=O)OC(COC(=O)CCCCCCCCCCCCCCCCCCCCCCCCCCCCCCCCCCCCCC)COC(OCC[N+](C)(C)C)C(=O)[O-].